The number of hydrogen-bond donors (Lipinski definition) is 2. The number of rotatable bonds is 3. The smallest absolute Gasteiger partial charge is 0.135 e. The zero-order valence-corrected chi connectivity index (χ0v) is 10.2. The van der Waals surface area contributed by atoms with Crippen LogP contribution in [0, 0.1) is 5.41 Å². The predicted molar refractivity (Wildman–Crippen MR) is 62.1 cm³/mol. The fraction of sp³-hybridized carbons (Fsp3) is 0.500. The van der Waals surface area contributed by atoms with Gasteiger partial charge in [0.05, 0.1) is 0 Å². The molecular formula is C10H14Cl2N2O. The third-order valence-electron chi connectivity index (χ3n) is 2.43. The van der Waals surface area contributed by atoms with E-state index >= 15 is 0 Å². The second-order valence-corrected chi connectivity index (χ2v) is 4.88. The van der Waals surface area contributed by atoms with Crippen molar-refractivity contribution in [3.05, 3.63) is 28.0 Å². The Morgan fingerprint density at radius 3 is 2.53 bits per heavy atom. The molecule has 1 atom stereocenters. The first kappa shape index (κ1) is 12.7. The van der Waals surface area contributed by atoms with E-state index in [9.17, 15) is 5.11 Å². The van der Waals surface area contributed by atoms with Crippen molar-refractivity contribution < 1.29 is 5.11 Å². The Kier molecular flexibility index (Phi) is 3.95. The van der Waals surface area contributed by atoms with Crippen molar-refractivity contribution in [3.8, 4) is 0 Å². The molecule has 1 aromatic heterocycles. The molecule has 0 bridgehead atoms. The van der Waals surface area contributed by atoms with Crippen molar-refractivity contribution in [1.29, 1.82) is 0 Å². The molecule has 1 aromatic rings. The summed E-state index contributed by atoms with van der Waals surface area (Å²) >= 11 is 11.6. The van der Waals surface area contributed by atoms with Crippen LogP contribution in [-0.4, -0.2) is 16.7 Å². The Hall–Kier alpha value is -0.350. The third-order valence-corrected chi connectivity index (χ3v) is 2.94. The van der Waals surface area contributed by atoms with Crippen molar-refractivity contribution in [2.45, 2.75) is 19.9 Å². The van der Waals surface area contributed by atoms with E-state index in [4.69, 9.17) is 28.9 Å². The van der Waals surface area contributed by atoms with Crippen molar-refractivity contribution >= 4 is 23.2 Å². The largest absolute Gasteiger partial charge is 0.396 e. The monoisotopic (exact) mass is 248 g/mol. The first-order valence-corrected chi connectivity index (χ1v) is 5.32. The second-order valence-electron chi connectivity index (χ2n) is 4.14. The van der Waals surface area contributed by atoms with Crippen LogP contribution in [0.2, 0.25) is 10.3 Å². The maximum atomic E-state index is 9.20. The zero-order chi connectivity index (χ0) is 11.6. The highest BCUT2D eigenvalue weighted by Gasteiger charge is 2.28. The van der Waals surface area contributed by atoms with Gasteiger partial charge in [-0.1, -0.05) is 43.1 Å². The first-order valence-electron chi connectivity index (χ1n) is 4.57. The molecule has 0 saturated carbocycles. The van der Waals surface area contributed by atoms with Gasteiger partial charge < -0.3 is 10.8 Å². The van der Waals surface area contributed by atoms with E-state index in [1.54, 1.807) is 12.1 Å². The van der Waals surface area contributed by atoms with Gasteiger partial charge in [0.25, 0.3) is 0 Å². The van der Waals surface area contributed by atoms with Crippen LogP contribution in [0.1, 0.15) is 25.5 Å². The number of aliphatic hydroxyl groups is 1. The summed E-state index contributed by atoms with van der Waals surface area (Å²) in [5.74, 6) is 0. The lowest BCUT2D eigenvalue weighted by Crippen LogP contribution is -2.32. The molecule has 0 aromatic carbocycles. The quantitative estimate of drug-likeness (QED) is 0.808. The number of nitrogens with zero attached hydrogens (tertiary/aromatic N) is 1. The topological polar surface area (TPSA) is 59.1 Å². The molecule has 5 heteroatoms. The summed E-state index contributed by atoms with van der Waals surface area (Å²) in [4.78, 5) is 3.91. The van der Waals surface area contributed by atoms with Gasteiger partial charge >= 0.3 is 0 Å². The summed E-state index contributed by atoms with van der Waals surface area (Å²) in [5.41, 5.74) is 6.26. The lowest BCUT2D eigenvalue weighted by atomic mass is 9.82. The third kappa shape index (κ3) is 2.82. The molecule has 0 radical (unpaired) electrons. The highest BCUT2D eigenvalue weighted by Crippen LogP contribution is 2.34. The summed E-state index contributed by atoms with van der Waals surface area (Å²) < 4.78 is 0. The van der Waals surface area contributed by atoms with E-state index in [0.29, 0.717) is 10.7 Å². The van der Waals surface area contributed by atoms with Gasteiger partial charge in [0.15, 0.2) is 0 Å². The molecule has 3 nitrogen and oxygen atoms in total. The van der Waals surface area contributed by atoms with Gasteiger partial charge in [0, 0.05) is 23.6 Å². The molecule has 0 saturated heterocycles. The minimum atomic E-state index is -0.445. The van der Waals surface area contributed by atoms with Crippen molar-refractivity contribution in [1.82, 2.24) is 4.98 Å². The number of aliphatic hydroxyl groups excluding tert-OH is 1. The van der Waals surface area contributed by atoms with Crippen molar-refractivity contribution in [3.63, 3.8) is 0 Å². The van der Waals surface area contributed by atoms with Gasteiger partial charge in [-0.2, -0.15) is 0 Å². The van der Waals surface area contributed by atoms with Crippen LogP contribution in [0.4, 0.5) is 0 Å². The first-order chi connectivity index (χ1) is 6.88. The standard InChI is InChI=1S/C10H14Cl2N2O/c1-10(2,5-15)8(13)6-3-4-7(11)14-9(6)12/h3-4,8,15H,5,13H2,1-2H3/t8-/m1/s1. The Labute approximate surface area is 99.2 Å². The summed E-state index contributed by atoms with van der Waals surface area (Å²) in [5, 5.41) is 9.82. The number of hydrogen-bond acceptors (Lipinski definition) is 3. The molecule has 0 aliphatic carbocycles. The number of pyridine rings is 1. The summed E-state index contributed by atoms with van der Waals surface area (Å²) in [6, 6.07) is 3.00. The molecule has 1 heterocycles. The fourth-order valence-corrected chi connectivity index (χ4v) is 1.64. The van der Waals surface area contributed by atoms with E-state index in [1.165, 1.54) is 0 Å². The normalized spacial score (nSPS) is 14.0. The Morgan fingerprint density at radius 2 is 2.07 bits per heavy atom. The molecule has 0 spiro atoms. The van der Waals surface area contributed by atoms with Crippen LogP contribution in [0.5, 0.6) is 0 Å². The molecule has 3 N–H and O–H groups in total. The molecule has 15 heavy (non-hydrogen) atoms. The van der Waals surface area contributed by atoms with Crippen LogP contribution in [0.15, 0.2) is 12.1 Å². The lowest BCUT2D eigenvalue weighted by molar-refractivity contribution is 0.132. The number of aromatic nitrogens is 1. The van der Waals surface area contributed by atoms with Crippen molar-refractivity contribution in [2.75, 3.05) is 6.61 Å². The maximum Gasteiger partial charge on any atom is 0.135 e. The van der Waals surface area contributed by atoms with Gasteiger partial charge in [-0.15, -0.1) is 0 Å². The average Bonchev–Trinajstić information content (AvgIpc) is 2.17. The Balaban J connectivity index is 3.06. The summed E-state index contributed by atoms with van der Waals surface area (Å²) in [6.45, 7) is 3.71. The van der Waals surface area contributed by atoms with Gasteiger partial charge in [-0.05, 0) is 6.07 Å². The van der Waals surface area contributed by atoms with E-state index < -0.39 is 5.41 Å². The molecule has 84 valence electrons. The predicted octanol–water partition coefficient (Wildman–Crippen LogP) is 2.41. The Bertz CT molecular complexity index is 355. The maximum absolute atomic E-state index is 9.20. The van der Waals surface area contributed by atoms with Crippen LogP contribution in [-0.2, 0) is 0 Å². The SMILES string of the molecule is CC(C)(CO)[C@H](N)c1ccc(Cl)nc1Cl. The minimum Gasteiger partial charge on any atom is -0.396 e. The van der Waals surface area contributed by atoms with Gasteiger partial charge in [0.1, 0.15) is 10.3 Å². The van der Waals surface area contributed by atoms with Crippen LogP contribution < -0.4 is 5.73 Å². The molecule has 0 amide bonds. The van der Waals surface area contributed by atoms with Gasteiger partial charge in [0.2, 0.25) is 0 Å². The highest BCUT2D eigenvalue weighted by atomic mass is 35.5. The minimum absolute atomic E-state index is 0.0207. The molecule has 1 rings (SSSR count). The van der Waals surface area contributed by atoms with Crippen LogP contribution >= 0.6 is 23.2 Å². The molecule has 0 aliphatic rings. The van der Waals surface area contributed by atoms with Crippen LogP contribution in [0.3, 0.4) is 0 Å². The average molecular weight is 249 g/mol. The van der Waals surface area contributed by atoms with E-state index in [-0.39, 0.29) is 17.8 Å². The van der Waals surface area contributed by atoms with E-state index in [2.05, 4.69) is 4.98 Å². The second kappa shape index (κ2) is 4.66. The van der Waals surface area contributed by atoms with Gasteiger partial charge in [-0.25, -0.2) is 4.98 Å². The summed E-state index contributed by atoms with van der Waals surface area (Å²) in [6.07, 6.45) is 0. The Morgan fingerprint density at radius 1 is 1.47 bits per heavy atom. The van der Waals surface area contributed by atoms with E-state index in [1.807, 2.05) is 13.8 Å². The zero-order valence-electron chi connectivity index (χ0n) is 8.67. The van der Waals surface area contributed by atoms with Crippen LogP contribution in [0.25, 0.3) is 0 Å². The van der Waals surface area contributed by atoms with Crippen molar-refractivity contribution in [2.24, 2.45) is 11.1 Å². The fourth-order valence-electron chi connectivity index (χ4n) is 1.17. The summed E-state index contributed by atoms with van der Waals surface area (Å²) in [7, 11) is 0. The highest BCUT2D eigenvalue weighted by molar-refractivity contribution is 6.32. The number of nitrogens with two attached hydrogens (primary N) is 1. The molecule has 0 fully saturated rings. The number of halogens is 2. The van der Waals surface area contributed by atoms with Gasteiger partial charge in [-0.3, -0.25) is 0 Å². The lowest BCUT2D eigenvalue weighted by Gasteiger charge is -2.29. The molecule has 0 aliphatic heterocycles. The molecular weight excluding hydrogens is 235 g/mol. The molecule has 0 unspecified atom stereocenters. The van der Waals surface area contributed by atoms with E-state index in [0.717, 1.165) is 0 Å².